The van der Waals surface area contributed by atoms with E-state index in [1.807, 2.05) is 18.2 Å². The van der Waals surface area contributed by atoms with E-state index >= 15 is 0 Å². The normalized spacial score (nSPS) is 17.6. The summed E-state index contributed by atoms with van der Waals surface area (Å²) in [7, 11) is 0. The van der Waals surface area contributed by atoms with Gasteiger partial charge in [-0.1, -0.05) is 119 Å². The molecule has 0 aliphatic carbocycles. The number of nitrogens with zero attached hydrogens (tertiary/aromatic N) is 2. The smallest absolute Gasteiger partial charge is 0.123 e. The average Bonchev–Trinajstić information content (AvgIpc) is 3.60. The number of rotatable bonds is 6. The van der Waals surface area contributed by atoms with Gasteiger partial charge >= 0.3 is 0 Å². The molecule has 0 saturated carbocycles. The third kappa shape index (κ3) is 5.12. The lowest BCUT2D eigenvalue weighted by Gasteiger charge is -2.37. The number of hydrogen-bond acceptors (Lipinski definition) is 2. The van der Waals surface area contributed by atoms with Crippen molar-refractivity contribution < 1.29 is 8.78 Å². The molecule has 0 bridgehead atoms. The Morgan fingerprint density at radius 2 is 1.09 bits per heavy atom. The van der Waals surface area contributed by atoms with Gasteiger partial charge in [-0.15, -0.1) is 0 Å². The first kappa shape index (κ1) is 30.3. The fourth-order valence-corrected chi connectivity index (χ4v) is 7.30. The lowest BCUT2D eigenvalue weighted by Crippen LogP contribution is -2.40. The standard InChI is InChI=1S/C23H19F2N.C18H19N/c1-15(2)23(17-6-4-3-5-7-17)20-14-19(25)12-13-21(20)26-22(23)16-8-10-18(24)11-9-16;1-3-18(4-2)15-12-8-9-13-16(15)19-17(18)14-10-6-5-7-11-14/h3-15H,1-2H3;5-13H,3-4H2,1-2H3. The highest BCUT2D eigenvalue weighted by Gasteiger charge is 2.48. The summed E-state index contributed by atoms with van der Waals surface area (Å²) in [5.41, 5.74) is 8.88. The summed E-state index contributed by atoms with van der Waals surface area (Å²) < 4.78 is 27.6. The van der Waals surface area contributed by atoms with Gasteiger partial charge in [-0.3, -0.25) is 9.98 Å². The maximum Gasteiger partial charge on any atom is 0.123 e. The van der Waals surface area contributed by atoms with Crippen molar-refractivity contribution in [3.63, 3.8) is 0 Å². The molecule has 1 atom stereocenters. The summed E-state index contributed by atoms with van der Waals surface area (Å²) in [4.78, 5) is 9.81. The van der Waals surface area contributed by atoms with E-state index in [2.05, 4.69) is 94.4 Å². The van der Waals surface area contributed by atoms with Gasteiger partial charge < -0.3 is 0 Å². The van der Waals surface area contributed by atoms with Gasteiger partial charge in [0.05, 0.1) is 28.2 Å². The molecule has 0 amide bonds. The molecule has 7 rings (SSSR count). The minimum absolute atomic E-state index is 0.0813. The lowest BCUT2D eigenvalue weighted by molar-refractivity contribution is 0.487. The summed E-state index contributed by atoms with van der Waals surface area (Å²) in [6.45, 7) is 8.77. The van der Waals surface area contributed by atoms with E-state index in [1.165, 1.54) is 35.0 Å². The molecular weight excluding hydrogens is 558 g/mol. The molecular formula is C41H38F2N2. The number of benzene rings is 5. The van der Waals surface area contributed by atoms with E-state index in [0.29, 0.717) is 0 Å². The second kappa shape index (κ2) is 12.4. The van der Waals surface area contributed by atoms with Gasteiger partial charge in [0.25, 0.3) is 0 Å². The minimum Gasteiger partial charge on any atom is -0.252 e. The first-order chi connectivity index (χ1) is 21.8. The van der Waals surface area contributed by atoms with Crippen LogP contribution in [-0.4, -0.2) is 11.4 Å². The van der Waals surface area contributed by atoms with E-state index in [0.717, 1.165) is 46.6 Å². The summed E-state index contributed by atoms with van der Waals surface area (Å²) in [6, 6.07) is 40.3. The molecule has 0 fully saturated rings. The van der Waals surface area contributed by atoms with Crippen LogP contribution < -0.4 is 0 Å². The van der Waals surface area contributed by atoms with E-state index in [1.54, 1.807) is 24.3 Å². The Morgan fingerprint density at radius 1 is 0.556 bits per heavy atom. The van der Waals surface area contributed by atoms with Crippen LogP contribution in [0.25, 0.3) is 0 Å². The van der Waals surface area contributed by atoms with Crippen molar-refractivity contribution in [2.24, 2.45) is 15.9 Å². The van der Waals surface area contributed by atoms with Crippen molar-refractivity contribution >= 4 is 22.8 Å². The van der Waals surface area contributed by atoms with Crippen LogP contribution in [0.15, 0.2) is 137 Å². The number of halogens is 2. The third-order valence-corrected chi connectivity index (χ3v) is 9.56. The van der Waals surface area contributed by atoms with Crippen LogP contribution in [0, 0.1) is 17.6 Å². The van der Waals surface area contributed by atoms with Gasteiger partial charge in [0.15, 0.2) is 0 Å². The van der Waals surface area contributed by atoms with E-state index in [4.69, 9.17) is 9.98 Å². The fraction of sp³-hybridized carbons (Fsp3) is 0.220. The third-order valence-electron chi connectivity index (χ3n) is 9.56. The molecule has 226 valence electrons. The van der Waals surface area contributed by atoms with Crippen molar-refractivity contribution in [1.82, 2.24) is 0 Å². The quantitative estimate of drug-likeness (QED) is 0.186. The van der Waals surface area contributed by atoms with Gasteiger partial charge in [-0.25, -0.2) is 8.78 Å². The van der Waals surface area contributed by atoms with Crippen LogP contribution in [-0.2, 0) is 10.8 Å². The number of para-hydroxylation sites is 1. The van der Waals surface area contributed by atoms with Crippen molar-refractivity contribution in [2.45, 2.75) is 51.4 Å². The predicted octanol–water partition coefficient (Wildman–Crippen LogP) is 10.9. The SMILES string of the molecule is CC(C)C1(c2ccccc2)C(c2ccc(F)cc2)=Nc2ccc(F)cc21.CCC1(CC)C(c2ccccc2)=Nc2ccccc21. The summed E-state index contributed by atoms with van der Waals surface area (Å²) in [6.07, 6.45) is 2.18. The molecule has 0 N–H and O–H groups in total. The first-order valence-corrected chi connectivity index (χ1v) is 15.8. The van der Waals surface area contributed by atoms with Crippen molar-refractivity contribution in [3.8, 4) is 0 Å². The molecule has 0 saturated heterocycles. The molecule has 45 heavy (non-hydrogen) atoms. The Balaban J connectivity index is 0.000000167. The molecule has 2 aliphatic heterocycles. The monoisotopic (exact) mass is 596 g/mol. The topological polar surface area (TPSA) is 24.7 Å². The Labute approximate surface area is 265 Å². The van der Waals surface area contributed by atoms with E-state index < -0.39 is 5.41 Å². The van der Waals surface area contributed by atoms with Gasteiger partial charge in [-0.05, 0) is 83.0 Å². The van der Waals surface area contributed by atoms with Gasteiger partial charge in [-0.2, -0.15) is 0 Å². The van der Waals surface area contributed by atoms with Crippen LogP contribution in [0.3, 0.4) is 0 Å². The summed E-state index contributed by atoms with van der Waals surface area (Å²) in [5.74, 6) is -0.442. The highest BCUT2D eigenvalue weighted by Crippen LogP contribution is 2.51. The maximum atomic E-state index is 14.2. The van der Waals surface area contributed by atoms with Gasteiger partial charge in [0, 0.05) is 5.41 Å². The second-order valence-electron chi connectivity index (χ2n) is 12.1. The highest BCUT2D eigenvalue weighted by molar-refractivity contribution is 6.15. The van der Waals surface area contributed by atoms with E-state index in [9.17, 15) is 8.78 Å². The predicted molar refractivity (Wildman–Crippen MR) is 182 cm³/mol. The lowest BCUT2D eigenvalue weighted by atomic mass is 9.63. The molecule has 5 aromatic carbocycles. The zero-order valence-electron chi connectivity index (χ0n) is 26.3. The maximum absolute atomic E-state index is 14.2. The molecule has 0 spiro atoms. The van der Waals surface area contributed by atoms with Crippen molar-refractivity contribution in [3.05, 3.63) is 167 Å². The zero-order chi connectivity index (χ0) is 31.6. The minimum atomic E-state index is -0.587. The molecule has 4 heteroatoms. The molecule has 2 heterocycles. The van der Waals surface area contributed by atoms with Crippen LogP contribution in [0.2, 0.25) is 0 Å². The van der Waals surface area contributed by atoms with E-state index in [-0.39, 0.29) is 23.0 Å². The van der Waals surface area contributed by atoms with Gasteiger partial charge in [0.2, 0.25) is 0 Å². The summed E-state index contributed by atoms with van der Waals surface area (Å²) >= 11 is 0. The Bertz CT molecular complexity index is 1850. The average molecular weight is 597 g/mol. The Hall–Kier alpha value is -4.70. The molecule has 0 aromatic heterocycles. The van der Waals surface area contributed by atoms with Crippen LogP contribution in [0.5, 0.6) is 0 Å². The van der Waals surface area contributed by atoms with Gasteiger partial charge in [0.1, 0.15) is 11.6 Å². The van der Waals surface area contributed by atoms with Crippen LogP contribution >= 0.6 is 0 Å². The molecule has 2 nitrogen and oxygen atoms in total. The number of fused-ring (bicyclic) bond motifs is 2. The van der Waals surface area contributed by atoms with Crippen LogP contribution in [0.1, 0.15) is 68.4 Å². The Morgan fingerprint density at radius 3 is 1.73 bits per heavy atom. The largest absolute Gasteiger partial charge is 0.252 e. The zero-order valence-corrected chi connectivity index (χ0v) is 26.3. The second-order valence-corrected chi connectivity index (χ2v) is 12.1. The molecule has 2 aliphatic rings. The number of hydrogen-bond donors (Lipinski definition) is 0. The summed E-state index contributed by atoms with van der Waals surface area (Å²) in [5, 5.41) is 0. The molecule has 1 unspecified atom stereocenters. The van der Waals surface area contributed by atoms with Crippen molar-refractivity contribution in [1.29, 1.82) is 0 Å². The fourth-order valence-electron chi connectivity index (χ4n) is 7.30. The van der Waals surface area contributed by atoms with Crippen molar-refractivity contribution in [2.75, 3.05) is 0 Å². The number of aliphatic imine (C=N–C) groups is 2. The Kier molecular flexibility index (Phi) is 8.33. The molecule has 0 radical (unpaired) electrons. The molecule has 5 aromatic rings. The highest BCUT2D eigenvalue weighted by atomic mass is 19.1. The van der Waals surface area contributed by atoms with Crippen LogP contribution in [0.4, 0.5) is 20.2 Å². The first-order valence-electron chi connectivity index (χ1n) is 15.8.